The fourth-order valence-corrected chi connectivity index (χ4v) is 2.26. The Labute approximate surface area is 81.5 Å². The van der Waals surface area contributed by atoms with E-state index in [1.165, 1.54) is 51.9 Å². The van der Waals surface area contributed by atoms with Crippen molar-refractivity contribution in [1.29, 1.82) is 0 Å². The third kappa shape index (κ3) is 2.44. The van der Waals surface area contributed by atoms with E-state index < -0.39 is 0 Å². The summed E-state index contributed by atoms with van der Waals surface area (Å²) in [6, 6.07) is 0. The fraction of sp³-hybridized carbons (Fsp3) is 1.00. The first-order valence-corrected chi connectivity index (χ1v) is 5.76. The van der Waals surface area contributed by atoms with Crippen LogP contribution in [0.3, 0.4) is 0 Å². The number of hydrogen-bond donors (Lipinski definition) is 2. The Bertz CT molecular complexity index is 157. The zero-order valence-corrected chi connectivity index (χ0v) is 8.73. The van der Waals surface area contributed by atoms with E-state index in [0.29, 0.717) is 5.41 Å². The lowest BCUT2D eigenvalue weighted by atomic mass is 10.0. The Kier molecular flexibility index (Phi) is 2.89. The molecule has 2 nitrogen and oxygen atoms in total. The van der Waals surface area contributed by atoms with Crippen molar-refractivity contribution in [2.45, 2.75) is 32.6 Å². The minimum Gasteiger partial charge on any atom is -0.316 e. The van der Waals surface area contributed by atoms with Crippen LogP contribution in [-0.2, 0) is 0 Å². The third-order valence-electron chi connectivity index (χ3n) is 3.80. The second-order valence-corrected chi connectivity index (χ2v) is 4.84. The molecule has 0 bridgehead atoms. The van der Waals surface area contributed by atoms with E-state index in [4.69, 9.17) is 0 Å². The number of nitrogens with one attached hydrogen (secondary N) is 2. The van der Waals surface area contributed by atoms with E-state index >= 15 is 0 Å². The van der Waals surface area contributed by atoms with Crippen LogP contribution in [0.5, 0.6) is 0 Å². The first-order valence-electron chi connectivity index (χ1n) is 5.76. The second kappa shape index (κ2) is 3.97. The second-order valence-electron chi connectivity index (χ2n) is 4.84. The summed E-state index contributed by atoms with van der Waals surface area (Å²) in [5.41, 5.74) is 0.714. The van der Waals surface area contributed by atoms with Crippen LogP contribution in [-0.4, -0.2) is 26.2 Å². The van der Waals surface area contributed by atoms with Crippen LogP contribution in [0.15, 0.2) is 0 Å². The molecular weight excluding hydrogens is 160 g/mol. The van der Waals surface area contributed by atoms with Gasteiger partial charge in [0, 0.05) is 6.54 Å². The summed E-state index contributed by atoms with van der Waals surface area (Å²) < 4.78 is 0. The zero-order chi connectivity index (χ0) is 9.15. The van der Waals surface area contributed by atoms with E-state index in [9.17, 15) is 0 Å². The third-order valence-corrected chi connectivity index (χ3v) is 3.80. The van der Waals surface area contributed by atoms with Crippen molar-refractivity contribution in [2.24, 2.45) is 11.3 Å². The first kappa shape index (κ1) is 9.47. The summed E-state index contributed by atoms with van der Waals surface area (Å²) >= 11 is 0. The monoisotopic (exact) mass is 182 g/mol. The molecule has 76 valence electrons. The van der Waals surface area contributed by atoms with Crippen LogP contribution in [0.4, 0.5) is 0 Å². The molecule has 1 aliphatic carbocycles. The van der Waals surface area contributed by atoms with Gasteiger partial charge in [0.05, 0.1) is 0 Å². The minimum absolute atomic E-state index is 0.714. The highest BCUT2D eigenvalue weighted by atomic mass is 14.9. The molecule has 2 N–H and O–H groups in total. The average Bonchev–Trinajstić information content (AvgIpc) is 2.74. The summed E-state index contributed by atoms with van der Waals surface area (Å²) in [5.74, 6) is 0.896. The van der Waals surface area contributed by atoms with Gasteiger partial charge >= 0.3 is 0 Å². The minimum atomic E-state index is 0.714. The Morgan fingerprint density at radius 2 is 2.31 bits per heavy atom. The normalized spacial score (nSPS) is 30.7. The van der Waals surface area contributed by atoms with Gasteiger partial charge in [-0.05, 0) is 56.7 Å². The molecule has 1 saturated carbocycles. The molecule has 2 heteroatoms. The maximum atomic E-state index is 3.64. The van der Waals surface area contributed by atoms with Crippen LogP contribution in [0.1, 0.15) is 32.6 Å². The van der Waals surface area contributed by atoms with Crippen molar-refractivity contribution in [1.82, 2.24) is 10.6 Å². The summed E-state index contributed by atoms with van der Waals surface area (Å²) in [5, 5.41) is 7.05. The lowest BCUT2D eigenvalue weighted by Crippen LogP contribution is -2.29. The molecule has 0 amide bonds. The lowest BCUT2D eigenvalue weighted by molar-refractivity contribution is 0.414. The molecule has 0 aromatic carbocycles. The van der Waals surface area contributed by atoms with Crippen molar-refractivity contribution < 1.29 is 0 Å². The molecule has 2 rings (SSSR count). The summed E-state index contributed by atoms with van der Waals surface area (Å²) in [6.07, 6.45) is 5.65. The van der Waals surface area contributed by atoms with Gasteiger partial charge in [0.1, 0.15) is 0 Å². The molecule has 0 spiro atoms. The highest BCUT2D eigenvalue weighted by Gasteiger charge is 2.39. The Morgan fingerprint density at radius 1 is 1.46 bits per heavy atom. The predicted octanol–water partition coefficient (Wildman–Crippen LogP) is 1.38. The van der Waals surface area contributed by atoms with Crippen molar-refractivity contribution in [3.8, 4) is 0 Å². The average molecular weight is 182 g/mol. The molecule has 1 aliphatic heterocycles. The van der Waals surface area contributed by atoms with E-state index in [-0.39, 0.29) is 0 Å². The molecule has 0 radical (unpaired) electrons. The predicted molar refractivity (Wildman–Crippen MR) is 55.8 cm³/mol. The Balaban J connectivity index is 1.58. The molecule has 0 aromatic rings. The Hall–Kier alpha value is -0.0800. The summed E-state index contributed by atoms with van der Waals surface area (Å²) in [4.78, 5) is 0. The lowest BCUT2D eigenvalue weighted by Gasteiger charge is -2.15. The maximum Gasteiger partial charge on any atom is 0.000784 e. The highest BCUT2D eigenvalue weighted by molar-refractivity contribution is 4.93. The van der Waals surface area contributed by atoms with Crippen LogP contribution in [0, 0.1) is 11.3 Å². The molecule has 1 atom stereocenters. The summed E-state index contributed by atoms with van der Waals surface area (Å²) in [7, 11) is 0. The quantitative estimate of drug-likeness (QED) is 0.671. The van der Waals surface area contributed by atoms with E-state index in [2.05, 4.69) is 17.6 Å². The Morgan fingerprint density at radius 3 is 2.85 bits per heavy atom. The van der Waals surface area contributed by atoms with Crippen molar-refractivity contribution in [2.75, 3.05) is 26.2 Å². The van der Waals surface area contributed by atoms with Crippen LogP contribution in [0.25, 0.3) is 0 Å². The van der Waals surface area contributed by atoms with Crippen molar-refractivity contribution in [3.63, 3.8) is 0 Å². The molecule has 2 aliphatic rings. The topological polar surface area (TPSA) is 24.1 Å². The van der Waals surface area contributed by atoms with Gasteiger partial charge in [-0.25, -0.2) is 0 Å². The van der Waals surface area contributed by atoms with Gasteiger partial charge in [0.25, 0.3) is 0 Å². The molecule has 1 heterocycles. The number of rotatable bonds is 5. The molecule has 13 heavy (non-hydrogen) atoms. The van der Waals surface area contributed by atoms with Gasteiger partial charge in [-0.3, -0.25) is 0 Å². The zero-order valence-electron chi connectivity index (χ0n) is 8.73. The first-order chi connectivity index (χ1) is 6.35. The maximum absolute atomic E-state index is 3.64. The fourth-order valence-electron chi connectivity index (χ4n) is 2.26. The molecule has 2 fully saturated rings. The van der Waals surface area contributed by atoms with Gasteiger partial charge < -0.3 is 10.6 Å². The molecule has 1 saturated heterocycles. The largest absolute Gasteiger partial charge is 0.316 e. The van der Waals surface area contributed by atoms with Crippen molar-refractivity contribution in [3.05, 3.63) is 0 Å². The van der Waals surface area contributed by atoms with E-state index in [1.54, 1.807) is 0 Å². The van der Waals surface area contributed by atoms with Crippen LogP contribution >= 0.6 is 0 Å². The van der Waals surface area contributed by atoms with Gasteiger partial charge in [-0.1, -0.05) is 6.92 Å². The molecular formula is C11H22N2. The molecule has 0 aromatic heterocycles. The van der Waals surface area contributed by atoms with Gasteiger partial charge in [0.2, 0.25) is 0 Å². The number of hydrogen-bond acceptors (Lipinski definition) is 2. The molecule has 1 unspecified atom stereocenters. The van der Waals surface area contributed by atoms with Gasteiger partial charge in [-0.15, -0.1) is 0 Å². The van der Waals surface area contributed by atoms with Crippen LogP contribution in [0.2, 0.25) is 0 Å². The van der Waals surface area contributed by atoms with Gasteiger partial charge in [-0.2, -0.15) is 0 Å². The highest BCUT2D eigenvalue weighted by Crippen LogP contribution is 2.47. The standard InChI is InChI=1S/C11H22N2/c1-2-11(4-5-11)9-13-8-10-3-6-12-7-10/h10,12-13H,2-9H2,1H3. The SMILES string of the molecule is CCC1(CNCC2CCNC2)CC1. The van der Waals surface area contributed by atoms with E-state index in [0.717, 1.165) is 5.92 Å². The van der Waals surface area contributed by atoms with Crippen molar-refractivity contribution >= 4 is 0 Å². The summed E-state index contributed by atoms with van der Waals surface area (Å²) in [6.45, 7) is 7.28. The smallest absolute Gasteiger partial charge is 0.000784 e. The van der Waals surface area contributed by atoms with Crippen LogP contribution < -0.4 is 10.6 Å². The van der Waals surface area contributed by atoms with E-state index in [1.807, 2.05) is 0 Å². The van der Waals surface area contributed by atoms with Gasteiger partial charge in [0.15, 0.2) is 0 Å².